The summed E-state index contributed by atoms with van der Waals surface area (Å²) in [6, 6.07) is 10.2. The van der Waals surface area contributed by atoms with Crippen LogP contribution in [-0.4, -0.2) is 24.0 Å². The Morgan fingerprint density at radius 2 is 2.00 bits per heavy atom. The lowest BCUT2D eigenvalue weighted by Gasteiger charge is -2.19. The highest BCUT2D eigenvalue weighted by atomic mass is 35.5. The lowest BCUT2D eigenvalue weighted by molar-refractivity contribution is -0.141. The summed E-state index contributed by atoms with van der Waals surface area (Å²) in [6.45, 7) is 0. The molecular formula is C19H16Cl2N2O3S2. The van der Waals surface area contributed by atoms with Crippen molar-refractivity contribution in [1.82, 2.24) is 10.3 Å². The number of thiophene rings is 1. The molecule has 9 heteroatoms. The molecule has 5 nitrogen and oxygen atoms in total. The molecule has 28 heavy (non-hydrogen) atoms. The number of methoxy groups -OCH3 is 1. The van der Waals surface area contributed by atoms with Crippen molar-refractivity contribution in [1.29, 1.82) is 0 Å². The first-order chi connectivity index (χ1) is 13.5. The van der Waals surface area contributed by atoms with Crippen molar-refractivity contribution in [2.45, 2.75) is 18.9 Å². The summed E-state index contributed by atoms with van der Waals surface area (Å²) in [6.07, 6.45) is 0.0831. The fraction of sp³-hybridized carbons (Fsp3) is 0.211. The summed E-state index contributed by atoms with van der Waals surface area (Å²) in [5.74, 6) is -0.689. The van der Waals surface area contributed by atoms with Gasteiger partial charge in [0.15, 0.2) is 0 Å². The molecule has 1 aromatic carbocycles. The number of nitrogens with one attached hydrogen (secondary N) is 1. The maximum atomic E-state index is 12.6. The second kappa shape index (κ2) is 9.52. The Kier molecular flexibility index (Phi) is 7.07. The van der Waals surface area contributed by atoms with E-state index in [0.717, 1.165) is 9.88 Å². The smallest absolute Gasteiger partial charge is 0.307 e. The molecule has 0 saturated heterocycles. The van der Waals surface area contributed by atoms with Gasteiger partial charge < -0.3 is 10.1 Å². The third-order valence-corrected chi connectivity index (χ3v) is 6.53. The molecule has 3 aromatic rings. The van der Waals surface area contributed by atoms with Gasteiger partial charge in [-0.2, -0.15) is 0 Å². The van der Waals surface area contributed by atoms with Crippen LogP contribution in [0, 0.1) is 0 Å². The summed E-state index contributed by atoms with van der Waals surface area (Å²) in [4.78, 5) is 29.8. The number of esters is 1. The van der Waals surface area contributed by atoms with Gasteiger partial charge in [-0.1, -0.05) is 41.4 Å². The molecule has 1 amide bonds. The molecule has 0 fully saturated rings. The average molecular weight is 455 g/mol. The van der Waals surface area contributed by atoms with Gasteiger partial charge in [0.05, 0.1) is 40.9 Å². The minimum atomic E-state index is -0.581. The number of ether oxygens (including phenoxy) is 1. The van der Waals surface area contributed by atoms with Crippen LogP contribution in [0.4, 0.5) is 0 Å². The normalized spacial score (nSPS) is 11.8. The number of nitrogens with zero attached hydrogens (tertiary/aromatic N) is 1. The number of benzene rings is 1. The van der Waals surface area contributed by atoms with Crippen molar-refractivity contribution in [3.05, 3.63) is 62.4 Å². The van der Waals surface area contributed by atoms with Crippen LogP contribution in [0.1, 0.15) is 23.7 Å². The number of carbonyl (C=O) groups excluding carboxylic acids is 2. The molecule has 0 radical (unpaired) electrons. The van der Waals surface area contributed by atoms with Gasteiger partial charge in [0.1, 0.15) is 5.01 Å². The molecule has 0 aliphatic carbocycles. The van der Waals surface area contributed by atoms with Gasteiger partial charge in [-0.05, 0) is 23.8 Å². The van der Waals surface area contributed by atoms with E-state index in [1.807, 2.05) is 17.5 Å². The SMILES string of the molecule is COC(=O)CC(NC(=O)Cc1csc(-c2ccc(Cl)s2)n1)c1ccccc1Cl. The molecule has 1 atom stereocenters. The van der Waals surface area contributed by atoms with E-state index in [1.165, 1.54) is 29.8 Å². The van der Waals surface area contributed by atoms with Gasteiger partial charge >= 0.3 is 5.97 Å². The third kappa shape index (κ3) is 5.32. The zero-order chi connectivity index (χ0) is 20.1. The first kappa shape index (κ1) is 20.8. The number of thiazole rings is 1. The van der Waals surface area contributed by atoms with E-state index in [0.29, 0.717) is 20.6 Å². The molecule has 0 saturated carbocycles. The fourth-order valence-corrected chi connectivity index (χ4v) is 4.79. The Labute approximate surface area is 180 Å². The van der Waals surface area contributed by atoms with Gasteiger partial charge in [-0.25, -0.2) is 4.98 Å². The van der Waals surface area contributed by atoms with E-state index in [9.17, 15) is 9.59 Å². The number of rotatable bonds is 7. The van der Waals surface area contributed by atoms with Crippen LogP contribution in [-0.2, 0) is 20.7 Å². The molecule has 0 aliphatic heterocycles. The molecule has 0 aliphatic rings. The van der Waals surface area contributed by atoms with Crippen LogP contribution >= 0.6 is 45.9 Å². The van der Waals surface area contributed by atoms with Crippen molar-refractivity contribution in [3.63, 3.8) is 0 Å². The standard InChI is InChI=1S/C19H16Cl2N2O3S2/c1-26-18(25)9-14(12-4-2-3-5-13(12)20)23-17(24)8-11-10-27-19(22-11)15-6-7-16(21)28-15/h2-7,10,14H,8-9H2,1H3,(H,23,24). The number of hydrogen-bond donors (Lipinski definition) is 1. The van der Waals surface area contributed by atoms with Gasteiger partial charge in [0.2, 0.25) is 5.91 Å². The van der Waals surface area contributed by atoms with Crippen LogP contribution in [0.15, 0.2) is 41.8 Å². The molecule has 1 N–H and O–H groups in total. The van der Waals surface area contributed by atoms with E-state index in [4.69, 9.17) is 27.9 Å². The van der Waals surface area contributed by atoms with Crippen molar-refractivity contribution in [2.24, 2.45) is 0 Å². The molecule has 146 valence electrons. The fourth-order valence-electron chi connectivity index (χ4n) is 2.59. The van der Waals surface area contributed by atoms with Crippen LogP contribution in [0.2, 0.25) is 9.36 Å². The van der Waals surface area contributed by atoms with Crippen LogP contribution in [0.3, 0.4) is 0 Å². The summed E-state index contributed by atoms with van der Waals surface area (Å²) in [5.41, 5.74) is 1.31. The van der Waals surface area contributed by atoms with Crippen molar-refractivity contribution < 1.29 is 14.3 Å². The number of carbonyl (C=O) groups is 2. The van der Waals surface area contributed by atoms with Crippen LogP contribution < -0.4 is 5.32 Å². The van der Waals surface area contributed by atoms with Gasteiger partial charge in [0, 0.05) is 10.4 Å². The van der Waals surface area contributed by atoms with E-state index in [2.05, 4.69) is 10.3 Å². The predicted octanol–water partition coefficient (Wildman–Crippen LogP) is 5.14. The molecule has 2 heterocycles. The second-order valence-corrected chi connectivity index (χ2v) is 8.83. The van der Waals surface area contributed by atoms with Crippen molar-refractivity contribution >= 4 is 57.8 Å². The monoisotopic (exact) mass is 454 g/mol. The third-order valence-electron chi connectivity index (χ3n) is 3.89. The lowest BCUT2D eigenvalue weighted by Crippen LogP contribution is -2.31. The first-order valence-electron chi connectivity index (χ1n) is 8.27. The highest BCUT2D eigenvalue weighted by molar-refractivity contribution is 7.23. The lowest BCUT2D eigenvalue weighted by atomic mass is 10.0. The number of aromatic nitrogens is 1. The molecule has 3 rings (SSSR count). The zero-order valence-corrected chi connectivity index (χ0v) is 17.9. The van der Waals surface area contributed by atoms with Gasteiger partial charge in [-0.3, -0.25) is 9.59 Å². The van der Waals surface area contributed by atoms with E-state index in [-0.39, 0.29) is 18.7 Å². The largest absolute Gasteiger partial charge is 0.469 e. The van der Waals surface area contributed by atoms with Crippen LogP contribution in [0.25, 0.3) is 9.88 Å². The van der Waals surface area contributed by atoms with Crippen molar-refractivity contribution in [2.75, 3.05) is 7.11 Å². The van der Waals surface area contributed by atoms with Gasteiger partial charge in [-0.15, -0.1) is 22.7 Å². The first-order valence-corrected chi connectivity index (χ1v) is 10.7. The molecule has 1 unspecified atom stereocenters. The topological polar surface area (TPSA) is 68.3 Å². The maximum absolute atomic E-state index is 12.6. The number of amides is 1. The minimum Gasteiger partial charge on any atom is -0.469 e. The summed E-state index contributed by atoms with van der Waals surface area (Å²) < 4.78 is 5.43. The Morgan fingerprint density at radius 3 is 2.68 bits per heavy atom. The Balaban J connectivity index is 1.71. The second-order valence-electron chi connectivity index (χ2n) is 5.85. The Morgan fingerprint density at radius 1 is 1.21 bits per heavy atom. The molecule has 0 bridgehead atoms. The summed E-state index contributed by atoms with van der Waals surface area (Å²) in [7, 11) is 1.31. The zero-order valence-electron chi connectivity index (χ0n) is 14.8. The highest BCUT2D eigenvalue weighted by Gasteiger charge is 2.21. The number of hydrogen-bond acceptors (Lipinski definition) is 6. The Bertz CT molecular complexity index is 987. The number of halogens is 2. The molecule has 2 aromatic heterocycles. The maximum Gasteiger partial charge on any atom is 0.307 e. The summed E-state index contributed by atoms with van der Waals surface area (Å²) >= 11 is 15.1. The molecule has 0 spiro atoms. The van der Waals surface area contributed by atoms with E-state index in [1.54, 1.807) is 24.3 Å². The average Bonchev–Trinajstić information content (AvgIpc) is 3.30. The quantitative estimate of drug-likeness (QED) is 0.501. The minimum absolute atomic E-state index is 0.0119. The van der Waals surface area contributed by atoms with Gasteiger partial charge in [0.25, 0.3) is 0 Å². The molecular weight excluding hydrogens is 439 g/mol. The highest BCUT2D eigenvalue weighted by Crippen LogP contribution is 2.33. The van der Waals surface area contributed by atoms with E-state index >= 15 is 0 Å². The van der Waals surface area contributed by atoms with Crippen molar-refractivity contribution in [3.8, 4) is 9.88 Å². The van der Waals surface area contributed by atoms with Crippen LogP contribution in [0.5, 0.6) is 0 Å². The Hall–Kier alpha value is -1.93. The van der Waals surface area contributed by atoms with E-state index < -0.39 is 12.0 Å². The predicted molar refractivity (Wildman–Crippen MR) is 113 cm³/mol. The summed E-state index contributed by atoms with van der Waals surface area (Å²) in [5, 5.41) is 5.99.